The Morgan fingerprint density at radius 1 is 1.14 bits per heavy atom. The van der Waals surface area contributed by atoms with Crippen molar-refractivity contribution >= 4 is 33.3 Å². The van der Waals surface area contributed by atoms with Crippen molar-refractivity contribution in [2.75, 3.05) is 12.4 Å². The van der Waals surface area contributed by atoms with Crippen LogP contribution in [0.3, 0.4) is 0 Å². The minimum Gasteiger partial charge on any atom is -0.496 e. The van der Waals surface area contributed by atoms with Crippen LogP contribution >= 0.6 is 15.9 Å². The zero-order valence-electron chi connectivity index (χ0n) is 15.1. The van der Waals surface area contributed by atoms with Crippen molar-refractivity contribution in [3.8, 4) is 17.0 Å². The van der Waals surface area contributed by atoms with E-state index >= 15 is 0 Å². The first kappa shape index (κ1) is 18.2. The molecule has 6 nitrogen and oxygen atoms in total. The summed E-state index contributed by atoms with van der Waals surface area (Å²) in [7, 11) is 1.59. The number of carbonyl (C=O) groups is 1. The summed E-state index contributed by atoms with van der Waals surface area (Å²) in [6.07, 6.45) is 5.39. The zero-order valence-corrected chi connectivity index (χ0v) is 16.7. The van der Waals surface area contributed by atoms with E-state index in [1.807, 2.05) is 59.1 Å². The molecule has 2 aromatic carbocycles. The molecule has 0 aliphatic carbocycles. The van der Waals surface area contributed by atoms with E-state index < -0.39 is 0 Å². The number of methoxy groups -OCH3 is 1. The van der Waals surface area contributed by atoms with E-state index in [1.54, 1.807) is 19.5 Å². The summed E-state index contributed by atoms with van der Waals surface area (Å²) in [6, 6.07) is 15.4. The van der Waals surface area contributed by atoms with Crippen LogP contribution in [0.15, 0.2) is 71.6 Å². The maximum absolute atomic E-state index is 12.6. The van der Waals surface area contributed by atoms with Gasteiger partial charge >= 0.3 is 0 Å². The molecule has 0 bridgehead atoms. The molecule has 1 N–H and O–H groups in total. The second-order valence-corrected chi connectivity index (χ2v) is 7.11. The van der Waals surface area contributed by atoms with E-state index in [1.165, 1.54) is 0 Å². The van der Waals surface area contributed by atoms with Crippen LogP contribution < -0.4 is 10.1 Å². The molecular formula is C21H17BrN4O2. The lowest BCUT2D eigenvalue weighted by atomic mass is 10.1. The zero-order chi connectivity index (χ0) is 19.5. The van der Waals surface area contributed by atoms with Crippen LogP contribution in [-0.2, 0) is 11.2 Å². The Bertz CT molecular complexity index is 1160. The van der Waals surface area contributed by atoms with E-state index in [4.69, 9.17) is 4.74 Å². The van der Waals surface area contributed by atoms with Gasteiger partial charge in [0.05, 0.1) is 31.6 Å². The largest absolute Gasteiger partial charge is 0.496 e. The molecule has 0 aliphatic rings. The summed E-state index contributed by atoms with van der Waals surface area (Å²) >= 11 is 3.48. The van der Waals surface area contributed by atoms with Gasteiger partial charge in [-0.25, -0.2) is 4.98 Å². The molecule has 4 aromatic rings. The third kappa shape index (κ3) is 3.75. The second kappa shape index (κ2) is 7.82. The molecule has 0 fully saturated rings. The maximum Gasteiger partial charge on any atom is 0.230 e. The first-order valence-corrected chi connectivity index (χ1v) is 9.44. The van der Waals surface area contributed by atoms with Crippen molar-refractivity contribution in [3.63, 3.8) is 0 Å². The van der Waals surface area contributed by atoms with Gasteiger partial charge in [-0.15, -0.1) is 0 Å². The summed E-state index contributed by atoms with van der Waals surface area (Å²) in [5.74, 6) is 1.14. The average molecular weight is 437 g/mol. The molecule has 4 rings (SSSR count). The highest BCUT2D eigenvalue weighted by molar-refractivity contribution is 9.10. The Morgan fingerprint density at radius 3 is 2.82 bits per heavy atom. The third-order valence-electron chi connectivity index (χ3n) is 4.33. The molecule has 0 saturated heterocycles. The molecule has 0 atom stereocenters. The highest BCUT2D eigenvalue weighted by atomic mass is 79.9. The number of para-hydroxylation sites is 1. The molecule has 7 heteroatoms. The maximum atomic E-state index is 12.6. The van der Waals surface area contributed by atoms with Crippen LogP contribution in [0.4, 0.5) is 5.82 Å². The standard InChI is InChI=1S/C21H17BrN4O2/c1-28-18-8-3-2-5-15(18)10-21(27)25-20-12-24-19-11-23-17(13-26(19)20)14-6-4-7-16(22)9-14/h2-9,11-13H,10H2,1H3,(H,25,27). The van der Waals surface area contributed by atoms with Gasteiger partial charge in [0.1, 0.15) is 11.6 Å². The van der Waals surface area contributed by atoms with Gasteiger partial charge < -0.3 is 10.1 Å². The number of hydrogen-bond acceptors (Lipinski definition) is 4. The van der Waals surface area contributed by atoms with Gasteiger partial charge in [0, 0.05) is 21.8 Å². The Hall–Kier alpha value is -3.19. The second-order valence-electron chi connectivity index (χ2n) is 6.19. The number of fused-ring (bicyclic) bond motifs is 1. The van der Waals surface area contributed by atoms with Crippen molar-refractivity contribution in [2.24, 2.45) is 0 Å². The third-order valence-corrected chi connectivity index (χ3v) is 4.82. The molecule has 0 radical (unpaired) electrons. The molecule has 0 saturated carbocycles. The van der Waals surface area contributed by atoms with Gasteiger partial charge in [-0.05, 0) is 18.2 Å². The van der Waals surface area contributed by atoms with Crippen molar-refractivity contribution in [3.05, 3.63) is 77.2 Å². The summed E-state index contributed by atoms with van der Waals surface area (Å²) in [4.78, 5) is 21.3. The molecule has 28 heavy (non-hydrogen) atoms. The first-order valence-electron chi connectivity index (χ1n) is 8.65. The van der Waals surface area contributed by atoms with Crippen molar-refractivity contribution in [2.45, 2.75) is 6.42 Å². The van der Waals surface area contributed by atoms with Crippen LogP contribution in [0.1, 0.15) is 5.56 Å². The van der Waals surface area contributed by atoms with Crippen molar-refractivity contribution in [1.82, 2.24) is 14.4 Å². The van der Waals surface area contributed by atoms with E-state index in [-0.39, 0.29) is 12.3 Å². The van der Waals surface area contributed by atoms with Gasteiger partial charge in [-0.1, -0.05) is 46.3 Å². The number of amides is 1. The molecule has 0 spiro atoms. The molecule has 1 amide bonds. The number of imidazole rings is 1. The number of nitrogens with one attached hydrogen (secondary N) is 1. The molecule has 2 aromatic heterocycles. The highest BCUT2D eigenvalue weighted by Gasteiger charge is 2.12. The van der Waals surface area contributed by atoms with Crippen LogP contribution in [0.2, 0.25) is 0 Å². The number of carbonyl (C=O) groups excluding carboxylic acids is 1. The number of ether oxygens (including phenoxy) is 1. The summed E-state index contributed by atoms with van der Waals surface area (Å²) < 4.78 is 8.11. The van der Waals surface area contributed by atoms with Gasteiger partial charge in [-0.3, -0.25) is 14.2 Å². The first-order chi connectivity index (χ1) is 13.6. The highest BCUT2D eigenvalue weighted by Crippen LogP contribution is 2.23. The van der Waals surface area contributed by atoms with Gasteiger partial charge in [0.25, 0.3) is 0 Å². The summed E-state index contributed by atoms with van der Waals surface area (Å²) in [6.45, 7) is 0. The number of rotatable bonds is 5. The topological polar surface area (TPSA) is 68.5 Å². The van der Waals surface area contributed by atoms with E-state index in [0.29, 0.717) is 17.2 Å². The lowest BCUT2D eigenvalue weighted by Gasteiger charge is -2.09. The van der Waals surface area contributed by atoms with E-state index in [2.05, 4.69) is 31.2 Å². The molecule has 0 aliphatic heterocycles. The Kier molecular flexibility index (Phi) is 5.08. The quantitative estimate of drug-likeness (QED) is 0.504. The number of halogens is 1. The number of nitrogens with zero attached hydrogens (tertiary/aromatic N) is 3. The SMILES string of the molecule is COc1ccccc1CC(=O)Nc1cnc2cnc(-c3cccc(Br)c3)cn12. The summed E-state index contributed by atoms with van der Waals surface area (Å²) in [5, 5.41) is 2.92. The Morgan fingerprint density at radius 2 is 2.00 bits per heavy atom. The van der Waals surface area contributed by atoms with Gasteiger partial charge in [0.15, 0.2) is 5.65 Å². The minimum absolute atomic E-state index is 0.146. The van der Waals surface area contributed by atoms with Crippen LogP contribution in [0.5, 0.6) is 5.75 Å². The van der Waals surface area contributed by atoms with Crippen molar-refractivity contribution in [1.29, 1.82) is 0 Å². The van der Waals surface area contributed by atoms with Crippen molar-refractivity contribution < 1.29 is 9.53 Å². The minimum atomic E-state index is -0.146. The monoisotopic (exact) mass is 436 g/mol. The number of anilines is 1. The predicted octanol–water partition coefficient (Wildman–Crippen LogP) is 4.35. The number of aromatic nitrogens is 3. The van der Waals surface area contributed by atoms with Gasteiger partial charge in [0.2, 0.25) is 5.91 Å². The van der Waals surface area contributed by atoms with Crippen LogP contribution in [0, 0.1) is 0 Å². The average Bonchev–Trinajstić information content (AvgIpc) is 3.10. The van der Waals surface area contributed by atoms with Gasteiger partial charge in [-0.2, -0.15) is 0 Å². The smallest absolute Gasteiger partial charge is 0.230 e. The molecule has 2 heterocycles. The predicted molar refractivity (Wildman–Crippen MR) is 111 cm³/mol. The Labute approximate surface area is 170 Å². The fraction of sp³-hybridized carbons (Fsp3) is 0.0952. The van der Waals surface area contributed by atoms with Crippen LogP contribution in [-0.4, -0.2) is 27.4 Å². The number of benzene rings is 2. The molecule has 140 valence electrons. The fourth-order valence-electron chi connectivity index (χ4n) is 2.99. The van der Waals surface area contributed by atoms with Crippen LogP contribution in [0.25, 0.3) is 16.9 Å². The Balaban J connectivity index is 1.60. The van der Waals surface area contributed by atoms with E-state index in [9.17, 15) is 4.79 Å². The lowest BCUT2D eigenvalue weighted by Crippen LogP contribution is -2.16. The fourth-order valence-corrected chi connectivity index (χ4v) is 3.39. The summed E-state index contributed by atoms with van der Waals surface area (Å²) in [5.41, 5.74) is 3.24. The normalized spacial score (nSPS) is 10.8. The molecular weight excluding hydrogens is 420 g/mol. The number of hydrogen-bond donors (Lipinski definition) is 1. The van der Waals surface area contributed by atoms with E-state index in [0.717, 1.165) is 21.3 Å². The lowest BCUT2D eigenvalue weighted by molar-refractivity contribution is -0.115. The molecule has 0 unspecified atom stereocenters.